The molecule has 108 valence electrons. The Balaban J connectivity index is 1.74. The second-order valence-electron chi connectivity index (χ2n) is 5.11. The molecule has 1 saturated heterocycles. The van der Waals surface area contributed by atoms with E-state index in [4.69, 9.17) is 0 Å². The third kappa shape index (κ3) is 2.84. The van der Waals surface area contributed by atoms with E-state index in [0.29, 0.717) is 25.1 Å². The molecule has 1 aromatic carbocycles. The summed E-state index contributed by atoms with van der Waals surface area (Å²) in [5.41, 5.74) is 1.12. The fourth-order valence-corrected chi connectivity index (χ4v) is 2.60. The Kier molecular flexibility index (Phi) is 3.51. The lowest BCUT2D eigenvalue weighted by Gasteiger charge is -2.15. The molecule has 1 aromatic heterocycles. The van der Waals surface area contributed by atoms with E-state index in [2.05, 4.69) is 10.2 Å². The lowest BCUT2D eigenvalue weighted by atomic mass is 9.98. The van der Waals surface area contributed by atoms with Gasteiger partial charge < -0.3 is 4.90 Å². The molecule has 1 N–H and O–H groups in total. The summed E-state index contributed by atoms with van der Waals surface area (Å²) >= 11 is 0. The number of hydrogen-bond donors (Lipinski definition) is 1. The number of benzene rings is 1. The van der Waals surface area contributed by atoms with Crippen LogP contribution >= 0.6 is 0 Å². The summed E-state index contributed by atoms with van der Waals surface area (Å²) < 4.78 is 12.9. The fourth-order valence-electron chi connectivity index (χ4n) is 2.60. The van der Waals surface area contributed by atoms with Gasteiger partial charge in [-0.3, -0.25) is 9.59 Å². The number of aromatic amines is 1. The first kappa shape index (κ1) is 13.5. The summed E-state index contributed by atoms with van der Waals surface area (Å²) in [5, 5.41) is 6.00. The molecule has 21 heavy (non-hydrogen) atoms. The Bertz CT molecular complexity index is 711. The first-order valence-electron chi connectivity index (χ1n) is 6.74. The van der Waals surface area contributed by atoms with Gasteiger partial charge in [-0.15, -0.1) is 0 Å². The topological polar surface area (TPSA) is 66.1 Å². The van der Waals surface area contributed by atoms with Gasteiger partial charge in [-0.05, 0) is 30.5 Å². The van der Waals surface area contributed by atoms with Crippen LogP contribution in [-0.4, -0.2) is 22.6 Å². The minimum absolute atomic E-state index is 0.0216. The maximum atomic E-state index is 12.9. The van der Waals surface area contributed by atoms with Crippen LogP contribution in [-0.2, 0) is 11.2 Å². The Labute approximate surface area is 120 Å². The number of amides is 1. The fraction of sp³-hybridized carbons (Fsp3) is 0.267. The van der Waals surface area contributed by atoms with Crippen molar-refractivity contribution in [2.24, 2.45) is 5.92 Å². The number of hydrogen-bond acceptors (Lipinski definition) is 3. The van der Waals surface area contributed by atoms with Gasteiger partial charge in [0, 0.05) is 18.5 Å². The molecule has 2 heterocycles. The van der Waals surface area contributed by atoms with Crippen molar-refractivity contribution in [2.45, 2.75) is 12.8 Å². The quantitative estimate of drug-likeness (QED) is 0.930. The molecule has 0 saturated carbocycles. The highest BCUT2D eigenvalue weighted by Crippen LogP contribution is 2.26. The second-order valence-corrected chi connectivity index (χ2v) is 5.11. The molecule has 0 bridgehead atoms. The summed E-state index contributed by atoms with van der Waals surface area (Å²) in [6, 6.07) is 7.55. The molecule has 1 aliphatic heterocycles. The summed E-state index contributed by atoms with van der Waals surface area (Å²) in [6.07, 6.45) is 2.76. The minimum Gasteiger partial charge on any atom is -0.310 e. The Morgan fingerprint density at radius 1 is 1.29 bits per heavy atom. The monoisotopic (exact) mass is 287 g/mol. The number of rotatable bonds is 3. The van der Waals surface area contributed by atoms with Gasteiger partial charge in [0.15, 0.2) is 0 Å². The van der Waals surface area contributed by atoms with Crippen LogP contribution in [0, 0.1) is 11.7 Å². The highest BCUT2D eigenvalue weighted by molar-refractivity contribution is 5.97. The summed E-state index contributed by atoms with van der Waals surface area (Å²) in [6.45, 7) is 0.565. The highest BCUT2D eigenvalue weighted by Gasteiger charge is 2.32. The number of aromatic nitrogens is 2. The van der Waals surface area contributed by atoms with Gasteiger partial charge in [0.2, 0.25) is 5.91 Å². The standard InChI is InChI=1S/C15H14FN3O2/c16-12-3-1-10(2-4-12)7-11-5-6-19(15(11)21)13-8-14(20)18-17-9-13/h1-4,8-9,11H,5-7H2,(H,18,20). The van der Waals surface area contributed by atoms with Gasteiger partial charge >= 0.3 is 0 Å². The van der Waals surface area contributed by atoms with Crippen molar-refractivity contribution in [2.75, 3.05) is 11.4 Å². The SMILES string of the molecule is O=C1C(Cc2ccc(F)cc2)CCN1c1cn[nH]c(=O)c1. The number of nitrogens with one attached hydrogen (secondary N) is 1. The first-order valence-corrected chi connectivity index (χ1v) is 6.74. The molecule has 1 unspecified atom stereocenters. The molecule has 1 fully saturated rings. The van der Waals surface area contributed by atoms with Crippen LogP contribution < -0.4 is 10.5 Å². The summed E-state index contributed by atoms with van der Waals surface area (Å²) in [5.74, 6) is -0.450. The second kappa shape index (κ2) is 5.47. The van der Waals surface area contributed by atoms with Gasteiger partial charge in [-0.1, -0.05) is 12.1 Å². The number of halogens is 1. The lowest BCUT2D eigenvalue weighted by molar-refractivity contribution is -0.120. The summed E-state index contributed by atoms with van der Waals surface area (Å²) in [4.78, 5) is 25.2. The smallest absolute Gasteiger partial charge is 0.266 e. The maximum absolute atomic E-state index is 12.9. The Morgan fingerprint density at radius 2 is 2.05 bits per heavy atom. The Hall–Kier alpha value is -2.50. The number of H-pyrrole nitrogens is 1. The molecule has 2 aromatic rings. The Morgan fingerprint density at radius 3 is 2.76 bits per heavy atom. The van der Waals surface area contributed by atoms with E-state index < -0.39 is 0 Å². The highest BCUT2D eigenvalue weighted by atomic mass is 19.1. The van der Waals surface area contributed by atoms with Gasteiger partial charge in [0.1, 0.15) is 5.82 Å². The van der Waals surface area contributed by atoms with Crippen LogP contribution in [0.5, 0.6) is 0 Å². The number of nitrogens with zero attached hydrogens (tertiary/aromatic N) is 2. The summed E-state index contributed by atoms with van der Waals surface area (Å²) in [7, 11) is 0. The minimum atomic E-state index is -0.331. The van der Waals surface area contributed by atoms with E-state index in [0.717, 1.165) is 5.56 Å². The molecular weight excluding hydrogens is 273 g/mol. The first-order chi connectivity index (χ1) is 10.1. The zero-order valence-electron chi connectivity index (χ0n) is 11.3. The lowest BCUT2D eigenvalue weighted by Crippen LogP contribution is -2.29. The molecule has 3 rings (SSSR count). The van der Waals surface area contributed by atoms with Crippen LogP contribution in [0.3, 0.4) is 0 Å². The van der Waals surface area contributed by atoms with Gasteiger partial charge in [0.05, 0.1) is 11.9 Å². The van der Waals surface area contributed by atoms with Crippen LogP contribution in [0.2, 0.25) is 0 Å². The molecule has 1 aliphatic rings. The largest absolute Gasteiger partial charge is 0.310 e. The maximum Gasteiger partial charge on any atom is 0.266 e. The van der Waals surface area contributed by atoms with E-state index in [1.165, 1.54) is 24.4 Å². The van der Waals surface area contributed by atoms with Gasteiger partial charge in [-0.2, -0.15) is 5.10 Å². The third-order valence-electron chi connectivity index (χ3n) is 3.67. The number of carbonyl (C=O) groups excluding carboxylic acids is 1. The molecule has 0 radical (unpaired) electrons. The van der Waals surface area contributed by atoms with E-state index in [-0.39, 0.29) is 23.2 Å². The molecule has 5 nitrogen and oxygen atoms in total. The van der Waals surface area contributed by atoms with E-state index in [1.807, 2.05) is 0 Å². The van der Waals surface area contributed by atoms with E-state index >= 15 is 0 Å². The number of anilines is 1. The molecule has 0 spiro atoms. The van der Waals surface area contributed by atoms with Crippen molar-refractivity contribution in [3.8, 4) is 0 Å². The zero-order valence-corrected chi connectivity index (χ0v) is 11.3. The van der Waals surface area contributed by atoms with Crippen molar-refractivity contribution >= 4 is 11.6 Å². The number of carbonyl (C=O) groups is 1. The van der Waals surface area contributed by atoms with Crippen molar-refractivity contribution in [3.05, 3.63) is 58.3 Å². The van der Waals surface area contributed by atoms with Crippen LogP contribution in [0.15, 0.2) is 41.3 Å². The molecular formula is C15H14FN3O2. The normalized spacial score (nSPS) is 18.2. The van der Waals surface area contributed by atoms with Crippen molar-refractivity contribution in [3.63, 3.8) is 0 Å². The average Bonchev–Trinajstić information content (AvgIpc) is 2.83. The predicted molar refractivity (Wildman–Crippen MR) is 75.4 cm³/mol. The van der Waals surface area contributed by atoms with E-state index in [9.17, 15) is 14.0 Å². The molecule has 1 atom stereocenters. The third-order valence-corrected chi connectivity index (χ3v) is 3.67. The van der Waals surface area contributed by atoms with Gasteiger partial charge in [0.25, 0.3) is 5.56 Å². The van der Waals surface area contributed by atoms with Crippen molar-refractivity contribution in [1.29, 1.82) is 0 Å². The van der Waals surface area contributed by atoms with Crippen molar-refractivity contribution < 1.29 is 9.18 Å². The average molecular weight is 287 g/mol. The molecule has 1 amide bonds. The molecule has 6 heteroatoms. The van der Waals surface area contributed by atoms with Crippen LogP contribution in [0.25, 0.3) is 0 Å². The van der Waals surface area contributed by atoms with Crippen LogP contribution in [0.1, 0.15) is 12.0 Å². The zero-order chi connectivity index (χ0) is 14.8. The van der Waals surface area contributed by atoms with Crippen LogP contribution in [0.4, 0.5) is 10.1 Å². The van der Waals surface area contributed by atoms with Crippen molar-refractivity contribution in [1.82, 2.24) is 10.2 Å². The van der Waals surface area contributed by atoms with E-state index in [1.54, 1.807) is 17.0 Å². The van der Waals surface area contributed by atoms with Gasteiger partial charge in [-0.25, -0.2) is 9.49 Å². The molecule has 0 aliphatic carbocycles. The predicted octanol–water partition coefficient (Wildman–Crippen LogP) is 1.50.